The van der Waals surface area contributed by atoms with Crippen LogP contribution in [0.15, 0.2) is 41.3 Å². The number of H-pyrrole nitrogens is 1. The number of rotatable bonds is 5. The summed E-state index contributed by atoms with van der Waals surface area (Å²) in [6.07, 6.45) is 2.38. The molecule has 3 rings (SSSR count). The van der Waals surface area contributed by atoms with Crippen LogP contribution < -0.4 is 10.9 Å². The molecular formula is C15H15N7O2. The molecule has 0 radical (unpaired) electrons. The van der Waals surface area contributed by atoms with E-state index in [1.807, 2.05) is 13.0 Å². The number of nitrogens with zero attached hydrogens (tertiary/aromatic N) is 5. The van der Waals surface area contributed by atoms with Gasteiger partial charge in [-0.2, -0.15) is 10.1 Å². The van der Waals surface area contributed by atoms with E-state index in [0.717, 1.165) is 6.42 Å². The van der Waals surface area contributed by atoms with Gasteiger partial charge in [0.2, 0.25) is 5.95 Å². The fraction of sp³-hybridized carbons (Fsp3) is 0.200. The number of pyridine rings is 1. The SMILES string of the molecule is CCCn1nc(C(=O)Nc2n[nH]c(-c3ccccn3)n2)ccc1=O. The van der Waals surface area contributed by atoms with E-state index in [0.29, 0.717) is 18.1 Å². The number of aromatic nitrogens is 6. The summed E-state index contributed by atoms with van der Waals surface area (Å²) in [5.41, 5.74) is 0.482. The van der Waals surface area contributed by atoms with Crippen LogP contribution in [0.3, 0.4) is 0 Å². The highest BCUT2D eigenvalue weighted by atomic mass is 16.2. The van der Waals surface area contributed by atoms with Crippen LogP contribution in [0.1, 0.15) is 23.8 Å². The minimum absolute atomic E-state index is 0.107. The van der Waals surface area contributed by atoms with Gasteiger partial charge in [0.1, 0.15) is 11.4 Å². The van der Waals surface area contributed by atoms with Gasteiger partial charge in [0.15, 0.2) is 5.82 Å². The van der Waals surface area contributed by atoms with Crippen molar-refractivity contribution < 1.29 is 4.79 Å². The summed E-state index contributed by atoms with van der Waals surface area (Å²) in [6.45, 7) is 2.37. The molecule has 122 valence electrons. The molecule has 0 bridgehead atoms. The highest BCUT2D eigenvalue weighted by Gasteiger charge is 2.13. The number of hydrogen-bond donors (Lipinski definition) is 2. The van der Waals surface area contributed by atoms with Crippen molar-refractivity contribution in [3.8, 4) is 11.5 Å². The van der Waals surface area contributed by atoms with E-state index in [1.165, 1.54) is 16.8 Å². The maximum atomic E-state index is 12.2. The van der Waals surface area contributed by atoms with Gasteiger partial charge in [0, 0.05) is 18.8 Å². The molecule has 9 nitrogen and oxygen atoms in total. The zero-order chi connectivity index (χ0) is 16.9. The van der Waals surface area contributed by atoms with Crippen molar-refractivity contribution >= 4 is 11.9 Å². The monoisotopic (exact) mass is 325 g/mol. The van der Waals surface area contributed by atoms with Gasteiger partial charge in [-0.15, -0.1) is 5.10 Å². The van der Waals surface area contributed by atoms with Gasteiger partial charge >= 0.3 is 0 Å². The Labute approximate surface area is 136 Å². The summed E-state index contributed by atoms with van der Waals surface area (Å²) in [5, 5.41) is 13.2. The minimum atomic E-state index is -0.494. The lowest BCUT2D eigenvalue weighted by Gasteiger charge is -2.04. The quantitative estimate of drug-likeness (QED) is 0.725. The Morgan fingerprint density at radius 1 is 1.29 bits per heavy atom. The Bertz CT molecular complexity index is 901. The van der Waals surface area contributed by atoms with Crippen LogP contribution >= 0.6 is 0 Å². The molecule has 0 atom stereocenters. The summed E-state index contributed by atoms with van der Waals surface area (Å²) in [6, 6.07) is 8.07. The molecule has 0 aliphatic rings. The summed E-state index contributed by atoms with van der Waals surface area (Å²) in [5.74, 6) is 0.0527. The maximum Gasteiger partial charge on any atom is 0.278 e. The van der Waals surface area contributed by atoms with Gasteiger partial charge in [-0.1, -0.05) is 13.0 Å². The summed E-state index contributed by atoms with van der Waals surface area (Å²) in [7, 11) is 0. The van der Waals surface area contributed by atoms with Gasteiger partial charge in [-0.05, 0) is 24.6 Å². The number of aryl methyl sites for hydroxylation is 1. The lowest BCUT2D eigenvalue weighted by Crippen LogP contribution is -2.26. The summed E-state index contributed by atoms with van der Waals surface area (Å²) in [4.78, 5) is 32.2. The van der Waals surface area contributed by atoms with E-state index in [4.69, 9.17) is 0 Å². The number of nitrogens with one attached hydrogen (secondary N) is 2. The van der Waals surface area contributed by atoms with Gasteiger partial charge in [-0.25, -0.2) is 4.68 Å². The van der Waals surface area contributed by atoms with Crippen LogP contribution in [0.2, 0.25) is 0 Å². The second-order valence-corrected chi connectivity index (χ2v) is 4.96. The molecule has 0 aliphatic heterocycles. The fourth-order valence-corrected chi connectivity index (χ4v) is 2.04. The van der Waals surface area contributed by atoms with E-state index in [-0.39, 0.29) is 17.2 Å². The molecule has 0 unspecified atom stereocenters. The molecule has 0 fully saturated rings. The third kappa shape index (κ3) is 3.35. The lowest BCUT2D eigenvalue weighted by molar-refractivity contribution is 0.101. The zero-order valence-corrected chi connectivity index (χ0v) is 12.9. The topological polar surface area (TPSA) is 118 Å². The summed E-state index contributed by atoms with van der Waals surface area (Å²) >= 11 is 0. The van der Waals surface area contributed by atoms with Crippen molar-refractivity contribution in [2.45, 2.75) is 19.9 Å². The van der Waals surface area contributed by atoms with E-state index in [1.54, 1.807) is 18.3 Å². The van der Waals surface area contributed by atoms with E-state index in [2.05, 4.69) is 30.6 Å². The van der Waals surface area contributed by atoms with Gasteiger partial charge < -0.3 is 0 Å². The Morgan fingerprint density at radius 2 is 2.17 bits per heavy atom. The number of carbonyl (C=O) groups is 1. The first-order chi connectivity index (χ1) is 11.7. The van der Waals surface area contributed by atoms with Crippen molar-refractivity contribution in [2.24, 2.45) is 0 Å². The third-order valence-electron chi connectivity index (χ3n) is 3.15. The Kier molecular flexibility index (Phi) is 4.41. The zero-order valence-electron chi connectivity index (χ0n) is 12.9. The molecule has 9 heteroatoms. The number of amides is 1. The normalized spacial score (nSPS) is 10.5. The largest absolute Gasteiger partial charge is 0.288 e. The standard InChI is InChI=1S/C15H15N7O2/c1-2-9-22-12(23)7-6-11(21-22)14(24)18-15-17-13(19-20-15)10-5-3-4-8-16-10/h3-8H,2,9H2,1H3,(H2,17,18,19,20,24). The Hall–Kier alpha value is -3.36. The van der Waals surface area contributed by atoms with Gasteiger partial charge in [-0.3, -0.25) is 25.0 Å². The second-order valence-electron chi connectivity index (χ2n) is 4.96. The molecular weight excluding hydrogens is 310 g/mol. The third-order valence-corrected chi connectivity index (χ3v) is 3.15. The van der Waals surface area contributed by atoms with Crippen LogP contribution in [0.25, 0.3) is 11.5 Å². The predicted octanol–water partition coefficient (Wildman–Crippen LogP) is 1.09. The minimum Gasteiger partial charge on any atom is -0.288 e. The summed E-state index contributed by atoms with van der Waals surface area (Å²) < 4.78 is 1.26. The smallest absolute Gasteiger partial charge is 0.278 e. The molecule has 0 saturated heterocycles. The van der Waals surface area contributed by atoms with E-state index < -0.39 is 5.91 Å². The maximum absolute atomic E-state index is 12.2. The first-order valence-corrected chi connectivity index (χ1v) is 7.40. The molecule has 0 aromatic carbocycles. The Morgan fingerprint density at radius 3 is 2.92 bits per heavy atom. The molecule has 0 saturated carbocycles. The van der Waals surface area contributed by atoms with Gasteiger partial charge in [0.25, 0.3) is 11.5 Å². The van der Waals surface area contributed by atoms with Crippen LogP contribution in [-0.4, -0.2) is 35.9 Å². The van der Waals surface area contributed by atoms with Crippen molar-refractivity contribution in [1.29, 1.82) is 0 Å². The lowest BCUT2D eigenvalue weighted by atomic mass is 10.3. The molecule has 1 amide bonds. The molecule has 0 aliphatic carbocycles. The van der Waals surface area contributed by atoms with Crippen LogP contribution in [-0.2, 0) is 6.54 Å². The molecule has 24 heavy (non-hydrogen) atoms. The molecule has 0 spiro atoms. The molecule has 2 N–H and O–H groups in total. The highest BCUT2D eigenvalue weighted by Crippen LogP contribution is 2.12. The molecule has 3 aromatic heterocycles. The number of hydrogen-bond acceptors (Lipinski definition) is 6. The number of carbonyl (C=O) groups excluding carboxylic acids is 1. The average Bonchev–Trinajstić information content (AvgIpc) is 3.06. The van der Waals surface area contributed by atoms with E-state index in [9.17, 15) is 9.59 Å². The first kappa shape index (κ1) is 15.5. The highest BCUT2D eigenvalue weighted by molar-refractivity contribution is 6.01. The van der Waals surface area contributed by atoms with Crippen molar-refractivity contribution in [2.75, 3.05) is 5.32 Å². The first-order valence-electron chi connectivity index (χ1n) is 7.40. The van der Waals surface area contributed by atoms with E-state index >= 15 is 0 Å². The van der Waals surface area contributed by atoms with Gasteiger partial charge in [0.05, 0.1) is 0 Å². The van der Waals surface area contributed by atoms with Crippen molar-refractivity contribution in [3.05, 3.63) is 52.6 Å². The molecule has 3 aromatic rings. The second kappa shape index (κ2) is 6.82. The fourth-order valence-electron chi connectivity index (χ4n) is 2.04. The Balaban J connectivity index is 1.77. The number of aromatic amines is 1. The predicted molar refractivity (Wildman–Crippen MR) is 86.4 cm³/mol. The van der Waals surface area contributed by atoms with Crippen LogP contribution in [0.4, 0.5) is 5.95 Å². The molecule has 3 heterocycles. The van der Waals surface area contributed by atoms with Crippen LogP contribution in [0.5, 0.6) is 0 Å². The van der Waals surface area contributed by atoms with Crippen LogP contribution in [0, 0.1) is 0 Å². The number of anilines is 1. The van der Waals surface area contributed by atoms with Crippen molar-refractivity contribution in [1.82, 2.24) is 29.9 Å². The van der Waals surface area contributed by atoms with Crippen molar-refractivity contribution in [3.63, 3.8) is 0 Å². The average molecular weight is 325 g/mol.